The van der Waals surface area contributed by atoms with Crippen molar-refractivity contribution in [3.63, 3.8) is 0 Å². The van der Waals surface area contributed by atoms with E-state index in [1.54, 1.807) is 0 Å². The van der Waals surface area contributed by atoms with Crippen LogP contribution in [0.4, 0.5) is 51.3 Å². The maximum Gasteiger partial charge on any atom is 0.490 e. The monoisotopic (exact) mass is 779 g/mol. The third-order valence-electron chi connectivity index (χ3n) is 8.40. The van der Waals surface area contributed by atoms with Crippen LogP contribution in [0.2, 0.25) is 0 Å². The zero-order valence-electron chi connectivity index (χ0n) is 27.9. The summed E-state index contributed by atoms with van der Waals surface area (Å²) in [6.45, 7) is 1.15. The topological polar surface area (TPSA) is 125 Å². The maximum absolute atomic E-state index is 13.2. The molecule has 0 amide bonds. The summed E-state index contributed by atoms with van der Waals surface area (Å²) in [6, 6.07) is 18.2. The number of carboxylic acids is 1. The molecule has 53 heavy (non-hydrogen) atoms. The SMILES string of the molecule is CN(Cc1ccccc1)c1nc(NCC2CCC(CNS(=O)(=O)c3cc(C(F)(F)F)cc(C(F)(F)F)c3)CC2)nc2ccccc12.O=C(O)C(F)(F)F. The van der Waals surface area contributed by atoms with Crippen LogP contribution in [0.5, 0.6) is 0 Å². The Labute approximate surface area is 298 Å². The molecule has 0 unspecified atom stereocenters. The number of fused-ring (bicyclic) bond motifs is 1. The van der Waals surface area contributed by atoms with Crippen molar-refractivity contribution in [3.05, 3.63) is 89.5 Å². The largest absolute Gasteiger partial charge is 0.490 e. The van der Waals surface area contributed by atoms with Gasteiger partial charge in [-0.1, -0.05) is 42.5 Å². The molecule has 9 nitrogen and oxygen atoms in total. The van der Waals surface area contributed by atoms with Gasteiger partial charge in [-0.25, -0.2) is 22.9 Å². The summed E-state index contributed by atoms with van der Waals surface area (Å²) < 4.78 is 139. The number of aromatic nitrogens is 2. The number of alkyl halides is 9. The number of sulfonamides is 1. The number of rotatable bonds is 10. The fourth-order valence-corrected chi connectivity index (χ4v) is 6.82. The number of carboxylic acid groups (broad SMARTS) is 1. The van der Waals surface area contributed by atoms with Crippen LogP contribution in [0, 0.1) is 11.8 Å². The average Bonchev–Trinajstić information content (AvgIpc) is 3.09. The zero-order chi connectivity index (χ0) is 39.2. The Morgan fingerprint density at radius 1 is 0.792 bits per heavy atom. The summed E-state index contributed by atoms with van der Waals surface area (Å²) in [7, 11) is -2.64. The lowest BCUT2D eigenvalue weighted by molar-refractivity contribution is -0.192. The fourth-order valence-electron chi connectivity index (χ4n) is 5.63. The quantitative estimate of drug-likeness (QED) is 0.138. The molecule has 3 aromatic carbocycles. The lowest BCUT2D eigenvalue weighted by Crippen LogP contribution is -2.32. The highest BCUT2D eigenvalue weighted by atomic mass is 32.2. The van der Waals surface area contributed by atoms with Crippen LogP contribution in [0.15, 0.2) is 77.7 Å². The molecule has 3 N–H and O–H groups in total. The predicted octanol–water partition coefficient (Wildman–Crippen LogP) is 8.13. The van der Waals surface area contributed by atoms with Crippen molar-refractivity contribution in [3.8, 4) is 0 Å². The number of nitrogens with zero attached hydrogens (tertiary/aromatic N) is 3. The number of benzene rings is 3. The lowest BCUT2D eigenvalue weighted by atomic mass is 9.82. The van der Waals surface area contributed by atoms with E-state index < -0.39 is 50.5 Å². The van der Waals surface area contributed by atoms with Crippen LogP contribution >= 0.6 is 0 Å². The van der Waals surface area contributed by atoms with Crippen molar-refractivity contribution < 1.29 is 57.8 Å². The van der Waals surface area contributed by atoms with Gasteiger partial charge in [-0.05, 0) is 73.4 Å². The van der Waals surface area contributed by atoms with Crippen molar-refractivity contribution in [2.45, 2.75) is 55.7 Å². The predicted molar refractivity (Wildman–Crippen MR) is 177 cm³/mol. The molecule has 19 heteroatoms. The summed E-state index contributed by atoms with van der Waals surface area (Å²) in [6.07, 6.45) is -12.6. The van der Waals surface area contributed by atoms with Gasteiger partial charge in [-0.15, -0.1) is 0 Å². The second-order valence-electron chi connectivity index (χ2n) is 12.4. The van der Waals surface area contributed by atoms with E-state index in [1.165, 1.54) is 0 Å². The lowest BCUT2D eigenvalue weighted by Gasteiger charge is -2.29. The molecule has 0 aliphatic heterocycles. The molecule has 0 bridgehead atoms. The van der Waals surface area contributed by atoms with Gasteiger partial charge in [0, 0.05) is 32.1 Å². The Balaban J connectivity index is 0.000000815. The number of hydrogen-bond donors (Lipinski definition) is 3. The highest BCUT2D eigenvalue weighted by Gasteiger charge is 2.39. The van der Waals surface area contributed by atoms with Gasteiger partial charge < -0.3 is 15.3 Å². The molecule has 1 saturated carbocycles. The Kier molecular flexibility index (Phi) is 12.9. The second-order valence-corrected chi connectivity index (χ2v) is 14.2. The first kappa shape index (κ1) is 41.1. The van der Waals surface area contributed by atoms with Gasteiger partial charge in [-0.3, -0.25) is 0 Å². The first-order chi connectivity index (χ1) is 24.6. The molecule has 1 fully saturated rings. The van der Waals surface area contributed by atoms with Gasteiger partial charge in [0.05, 0.1) is 21.5 Å². The van der Waals surface area contributed by atoms with Crippen LogP contribution in [0.25, 0.3) is 10.9 Å². The van der Waals surface area contributed by atoms with E-state index in [9.17, 15) is 47.9 Å². The van der Waals surface area contributed by atoms with Gasteiger partial charge in [0.25, 0.3) is 0 Å². The highest BCUT2D eigenvalue weighted by Crippen LogP contribution is 2.37. The van der Waals surface area contributed by atoms with Gasteiger partial charge in [0.1, 0.15) is 5.82 Å². The molecule has 0 saturated heterocycles. The van der Waals surface area contributed by atoms with Gasteiger partial charge >= 0.3 is 24.5 Å². The molecule has 1 heterocycles. The number of anilines is 2. The molecule has 0 atom stereocenters. The number of hydrogen-bond acceptors (Lipinski definition) is 7. The number of halogens is 9. The summed E-state index contributed by atoms with van der Waals surface area (Å²) in [4.78, 5) is 19.4. The number of carbonyl (C=O) groups is 1. The third-order valence-corrected chi connectivity index (χ3v) is 9.80. The molecule has 5 rings (SSSR count). The standard InChI is InChI=1S/C32H33F6N5O2S.C2HF3O2/c1-43(20-23-7-3-2-4-8-23)29-27-9-5-6-10-28(27)41-30(42-29)39-18-21-11-13-22(14-12-21)19-40-46(44,45)26-16-24(31(33,34)35)15-25(17-26)32(36,37)38;3-2(4,5)1(6)7/h2-10,15-17,21-22,40H,11-14,18-20H2,1H3,(H,39,41,42);(H,6,7). The number of para-hydroxylation sites is 1. The first-order valence-corrected chi connectivity index (χ1v) is 17.5. The van der Waals surface area contributed by atoms with Crippen molar-refractivity contribution >= 4 is 38.7 Å². The number of aliphatic carboxylic acids is 1. The second kappa shape index (κ2) is 16.6. The van der Waals surface area contributed by atoms with Crippen LogP contribution in [-0.2, 0) is 33.7 Å². The summed E-state index contributed by atoms with van der Waals surface area (Å²) in [5, 5.41) is 11.4. The van der Waals surface area contributed by atoms with Gasteiger partial charge in [0.15, 0.2) is 0 Å². The first-order valence-electron chi connectivity index (χ1n) is 16.0. The third kappa shape index (κ3) is 11.7. The van der Waals surface area contributed by atoms with E-state index in [0.717, 1.165) is 35.1 Å². The smallest absolute Gasteiger partial charge is 0.475 e. The van der Waals surface area contributed by atoms with E-state index in [4.69, 9.17) is 14.9 Å². The van der Waals surface area contributed by atoms with Crippen LogP contribution in [0.3, 0.4) is 0 Å². The number of nitrogens with one attached hydrogen (secondary N) is 2. The van der Waals surface area contributed by atoms with Crippen molar-refractivity contribution in [2.24, 2.45) is 11.8 Å². The molecule has 0 spiro atoms. The minimum Gasteiger partial charge on any atom is -0.475 e. The Morgan fingerprint density at radius 2 is 1.30 bits per heavy atom. The van der Waals surface area contributed by atoms with Crippen LogP contribution < -0.4 is 14.9 Å². The fraction of sp³-hybridized carbons (Fsp3) is 0.382. The minimum atomic E-state index is -5.14. The highest BCUT2D eigenvalue weighted by molar-refractivity contribution is 7.89. The van der Waals surface area contributed by atoms with Crippen molar-refractivity contribution in [1.82, 2.24) is 14.7 Å². The average molecular weight is 780 g/mol. The van der Waals surface area contributed by atoms with Gasteiger partial charge in [0.2, 0.25) is 16.0 Å². The zero-order valence-corrected chi connectivity index (χ0v) is 28.7. The molecule has 1 aromatic heterocycles. The van der Waals surface area contributed by atoms with E-state index in [-0.39, 0.29) is 36.6 Å². The maximum atomic E-state index is 13.2. The summed E-state index contributed by atoms with van der Waals surface area (Å²) in [5.41, 5.74) is -1.42. The van der Waals surface area contributed by atoms with Crippen molar-refractivity contribution in [2.75, 3.05) is 30.4 Å². The molecule has 288 valence electrons. The normalized spacial score (nSPS) is 16.8. The molecule has 1 aliphatic rings. The molecular formula is C34H34F9N5O4S. The van der Waals surface area contributed by atoms with E-state index >= 15 is 0 Å². The van der Waals surface area contributed by atoms with E-state index in [1.807, 2.05) is 49.5 Å². The Hall–Kier alpha value is -4.65. The summed E-state index contributed by atoms with van der Waals surface area (Å²) in [5.74, 6) is -1.35. The summed E-state index contributed by atoms with van der Waals surface area (Å²) >= 11 is 0. The molecule has 1 aliphatic carbocycles. The van der Waals surface area contributed by atoms with Gasteiger partial charge in [-0.2, -0.15) is 44.5 Å². The molecule has 0 radical (unpaired) electrons. The molecule has 4 aromatic rings. The Bertz CT molecular complexity index is 1940. The van der Waals surface area contributed by atoms with Crippen LogP contribution in [-0.4, -0.2) is 55.8 Å². The minimum absolute atomic E-state index is 0.0923. The van der Waals surface area contributed by atoms with Crippen molar-refractivity contribution in [1.29, 1.82) is 0 Å². The van der Waals surface area contributed by atoms with Crippen LogP contribution in [0.1, 0.15) is 42.4 Å². The van der Waals surface area contributed by atoms with E-state index in [2.05, 4.69) is 32.1 Å². The molecular weight excluding hydrogens is 745 g/mol. The van der Waals surface area contributed by atoms with E-state index in [0.29, 0.717) is 31.9 Å². The Morgan fingerprint density at radius 3 is 1.83 bits per heavy atom.